The lowest BCUT2D eigenvalue weighted by atomic mass is 10.1. The molecule has 1 unspecified atom stereocenters. The summed E-state index contributed by atoms with van der Waals surface area (Å²) >= 11 is 11.8. The van der Waals surface area contributed by atoms with Gasteiger partial charge in [-0.1, -0.05) is 53.5 Å². The van der Waals surface area contributed by atoms with Crippen LogP contribution in [-0.4, -0.2) is 11.7 Å². The zero-order valence-corrected chi connectivity index (χ0v) is 11.4. The Morgan fingerprint density at radius 3 is 2.26 bits per heavy atom. The Kier molecular flexibility index (Phi) is 4.64. The molecule has 0 aliphatic rings. The van der Waals surface area contributed by atoms with Gasteiger partial charge in [0.2, 0.25) is 0 Å². The summed E-state index contributed by atoms with van der Waals surface area (Å²) < 4.78 is 13.0. The summed E-state index contributed by atoms with van der Waals surface area (Å²) in [5.41, 5.74) is 1.20. The molecule has 0 aliphatic heterocycles. The molecule has 0 amide bonds. The van der Waals surface area contributed by atoms with Crippen LogP contribution >= 0.6 is 23.2 Å². The summed E-state index contributed by atoms with van der Waals surface area (Å²) in [5.74, 6) is -0.496. The number of hydrogen-bond acceptors (Lipinski definition) is 2. The molecule has 19 heavy (non-hydrogen) atoms. The minimum Gasteiger partial charge on any atom is -0.387 e. The van der Waals surface area contributed by atoms with Crippen molar-refractivity contribution in [2.75, 3.05) is 11.9 Å². The average Bonchev–Trinajstić information content (AvgIpc) is 2.38. The van der Waals surface area contributed by atoms with Gasteiger partial charge in [-0.15, -0.1) is 0 Å². The highest BCUT2D eigenvalue weighted by Gasteiger charge is 2.11. The number of aliphatic hydroxyl groups excluding tert-OH is 1. The zero-order chi connectivity index (χ0) is 13.8. The Balaban J connectivity index is 2.07. The highest BCUT2D eigenvalue weighted by molar-refractivity contribution is 6.39. The molecule has 5 heteroatoms. The number of anilines is 1. The van der Waals surface area contributed by atoms with Crippen molar-refractivity contribution < 1.29 is 9.50 Å². The fourth-order valence-electron chi connectivity index (χ4n) is 1.70. The van der Waals surface area contributed by atoms with Crippen LogP contribution in [0.15, 0.2) is 42.5 Å². The fourth-order valence-corrected chi connectivity index (χ4v) is 2.30. The molecule has 0 saturated heterocycles. The van der Waals surface area contributed by atoms with Crippen LogP contribution in [0, 0.1) is 5.82 Å². The van der Waals surface area contributed by atoms with Gasteiger partial charge in [0.05, 0.1) is 21.8 Å². The minimum atomic E-state index is -0.696. The van der Waals surface area contributed by atoms with Crippen LogP contribution in [-0.2, 0) is 0 Å². The summed E-state index contributed by atoms with van der Waals surface area (Å²) in [4.78, 5) is 0. The van der Waals surface area contributed by atoms with Crippen LogP contribution in [0.1, 0.15) is 11.7 Å². The number of aliphatic hydroxyl groups is 1. The van der Waals surface area contributed by atoms with Crippen molar-refractivity contribution in [3.63, 3.8) is 0 Å². The van der Waals surface area contributed by atoms with Crippen molar-refractivity contribution in [3.8, 4) is 0 Å². The summed E-state index contributed by atoms with van der Waals surface area (Å²) in [5, 5.41) is 13.3. The van der Waals surface area contributed by atoms with Crippen molar-refractivity contribution in [1.82, 2.24) is 0 Å². The average molecular weight is 300 g/mol. The van der Waals surface area contributed by atoms with Crippen molar-refractivity contribution in [1.29, 1.82) is 0 Å². The third-order valence-electron chi connectivity index (χ3n) is 2.66. The van der Waals surface area contributed by atoms with E-state index in [0.29, 0.717) is 5.69 Å². The van der Waals surface area contributed by atoms with Crippen LogP contribution in [0.5, 0.6) is 0 Å². The number of rotatable bonds is 4. The summed E-state index contributed by atoms with van der Waals surface area (Å²) in [6.45, 7) is 0.231. The first-order valence-corrected chi connectivity index (χ1v) is 6.45. The molecule has 2 N–H and O–H groups in total. The smallest absolute Gasteiger partial charge is 0.126 e. The molecular weight excluding hydrogens is 288 g/mol. The first kappa shape index (κ1) is 14.1. The number of nitrogens with one attached hydrogen (secondary N) is 1. The highest BCUT2D eigenvalue weighted by Crippen LogP contribution is 2.31. The molecule has 0 spiro atoms. The van der Waals surface area contributed by atoms with Gasteiger partial charge in [-0.3, -0.25) is 0 Å². The normalized spacial score (nSPS) is 12.2. The molecule has 2 nitrogen and oxygen atoms in total. The van der Waals surface area contributed by atoms with E-state index in [-0.39, 0.29) is 16.6 Å². The Labute approximate surface area is 120 Å². The maximum absolute atomic E-state index is 13.0. The molecule has 0 heterocycles. The summed E-state index contributed by atoms with van der Waals surface area (Å²) in [6, 6.07) is 11.5. The van der Waals surface area contributed by atoms with Gasteiger partial charge in [0.25, 0.3) is 0 Å². The SMILES string of the molecule is OC(CNc1c(Cl)cc(F)cc1Cl)c1ccccc1. The van der Waals surface area contributed by atoms with Gasteiger partial charge < -0.3 is 10.4 Å². The van der Waals surface area contributed by atoms with Crippen molar-refractivity contribution in [2.24, 2.45) is 0 Å². The summed E-state index contributed by atoms with van der Waals surface area (Å²) in [6.07, 6.45) is -0.696. The minimum absolute atomic E-state index is 0.185. The van der Waals surface area contributed by atoms with E-state index < -0.39 is 11.9 Å². The first-order valence-electron chi connectivity index (χ1n) is 5.69. The van der Waals surface area contributed by atoms with Crippen molar-refractivity contribution >= 4 is 28.9 Å². The second-order valence-corrected chi connectivity index (χ2v) is 4.87. The second-order valence-electron chi connectivity index (χ2n) is 4.05. The standard InChI is InChI=1S/C14H12Cl2FNO/c15-11-6-10(17)7-12(16)14(11)18-8-13(19)9-4-2-1-3-5-9/h1-7,13,18-19H,8H2. The van der Waals surface area contributed by atoms with Gasteiger partial charge in [0, 0.05) is 6.54 Å². The van der Waals surface area contributed by atoms with E-state index in [1.54, 1.807) is 0 Å². The monoisotopic (exact) mass is 299 g/mol. The molecule has 2 rings (SSSR count). The Bertz CT molecular complexity index is 540. The molecule has 0 aromatic heterocycles. The van der Waals surface area contributed by atoms with Crippen LogP contribution < -0.4 is 5.32 Å². The van der Waals surface area contributed by atoms with E-state index in [0.717, 1.165) is 5.56 Å². The molecule has 0 bridgehead atoms. The second kappa shape index (κ2) is 6.24. The molecular formula is C14H12Cl2FNO. The molecule has 2 aromatic rings. The number of hydrogen-bond donors (Lipinski definition) is 2. The Morgan fingerprint density at radius 1 is 1.11 bits per heavy atom. The van der Waals surface area contributed by atoms with Gasteiger partial charge in [0.1, 0.15) is 5.82 Å². The highest BCUT2D eigenvalue weighted by atomic mass is 35.5. The fraction of sp³-hybridized carbons (Fsp3) is 0.143. The van der Waals surface area contributed by atoms with Crippen molar-refractivity contribution in [3.05, 3.63) is 63.9 Å². The van der Waals surface area contributed by atoms with E-state index >= 15 is 0 Å². The van der Waals surface area contributed by atoms with E-state index in [4.69, 9.17) is 23.2 Å². The van der Waals surface area contributed by atoms with Gasteiger partial charge in [-0.25, -0.2) is 4.39 Å². The molecule has 0 fully saturated rings. The molecule has 0 radical (unpaired) electrons. The van der Waals surface area contributed by atoms with E-state index in [9.17, 15) is 9.50 Å². The van der Waals surface area contributed by atoms with Crippen LogP contribution in [0.4, 0.5) is 10.1 Å². The lowest BCUT2D eigenvalue weighted by Crippen LogP contribution is -2.12. The molecule has 2 aromatic carbocycles. The largest absolute Gasteiger partial charge is 0.387 e. The maximum Gasteiger partial charge on any atom is 0.126 e. The quantitative estimate of drug-likeness (QED) is 0.883. The first-order chi connectivity index (χ1) is 9.08. The van der Waals surface area contributed by atoms with E-state index in [1.165, 1.54) is 12.1 Å². The molecule has 0 aliphatic carbocycles. The summed E-state index contributed by atoms with van der Waals surface area (Å²) in [7, 11) is 0. The zero-order valence-electron chi connectivity index (χ0n) is 9.91. The topological polar surface area (TPSA) is 32.3 Å². The number of halogens is 3. The van der Waals surface area contributed by atoms with Crippen LogP contribution in [0.3, 0.4) is 0 Å². The van der Waals surface area contributed by atoms with E-state index in [2.05, 4.69) is 5.32 Å². The Morgan fingerprint density at radius 2 is 1.68 bits per heavy atom. The lowest BCUT2D eigenvalue weighted by Gasteiger charge is -2.15. The van der Waals surface area contributed by atoms with Crippen LogP contribution in [0.25, 0.3) is 0 Å². The Hall–Kier alpha value is -1.29. The third kappa shape index (κ3) is 3.60. The molecule has 1 atom stereocenters. The molecule has 0 saturated carbocycles. The van der Waals surface area contributed by atoms with E-state index in [1.807, 2.05) is 30.3 Å². The van der Waals surface area contributed by atoms with Gasteiger partial charge >= 0.3 is 0 Å². The lowest BCUT2D eigenvalue weighted by molar-refractivity contribution is 0.191. The van der Waals surface area contributed by atoms with Gasteiger partial charge in [-0.05, 0) is 17.7 Å². The number of benzene rings is 2. The predicted octanol–water partition coefficient (Wildman–Crippen LogP) is 4.28. The maximum atomic E-state index is 13.0. The van der Waals surface area contributed by atoms with Gasteiger partial charge in [0.15, 0.2) is 0 Å². The van der Waals surface area contributed by atoms with Gasteiger partial charge in [-0.2, -0.15) is 0 Å². The van der Waals surface area contributed by atoms with Crippen molar-refractivity contribution in [2.45, 2.75) is 6.10 Å². The predicted molar refractivity (Wildman–Crippen MR) is 76.3 cm³/mol. The third-order valence-corrected chi connectivity index (χ3v) is 3.26. The van der Waals surface area contributed by atoms with Crippen LogP contribution in [0.2, 0.25) is 10.0 Å². The molecule has 100 valence electrons.